The molecule has 0 aliphatic carbocycles. The molecule has 1 aliphatic heterocycles. The lowest BCUT2D eigenvalue weighted by atomic mass is 10.1. The van der Waals surface area contributed by atoms with Crippen molar-refractivity contribution >= 4 is 16.8 Å². The Bertz CT molecular complexity index is 917. The molecule has 3 aromatic rings. The maximum atomic E-state index is 13.8. The lowest BCUT2D eigenvalue weighted by molar-refractivity contribution is 0.0961. The first-order valence-electron chi connectivity index (χ1n) is 6.82. The number of amides is 1. The molecule has 0 radical (unpaired) electrons. The predicted octanol–water partition coefficient (Wildman–Crippen LogP) is 2.61. The van der Waals surface area contributed by atoms with E-state index in [1.165, 1.54) is 12.1 Å². The zero-order valence-corrected chi connectivity index (χ0v) is 11.4. The number of rotatable bonds is 2. The maximum absolute atomic E-state index is 13.8. The molecular weight excluding hydrogens is 288 g/mol. The minimum Gasteiger partial charge on any atom is -0.347 e. The Hall–Kier alpha value is -2.76. The number of pyridine rings is 1. The van der Waals surface area contributed by atoms with Gasteiger partial charge in [-0.1, -0.05) is 6.07 Å². The lowest BCUT2D eigenvalue weighted by Gasteiger charge is -2.07. The second-order valence-electron chi connectivity index (χ2n) is 5.25. The third kappa shape index (κ3) is 1.88. The Labute approximate surface area is 124 Å². The molecule has 110 valence electrons. The quantitative estimate of drug-likeness (QED) is 0.790. The Morgan fingerprint density at radius 1 is 1.27 bits per heavy atom. The Kier molecular flexibility index (Phi) is 2.72. The number of aromatic nitrogens is 2. The molecule has 0 fully saturated rings. The summed E-state index contributed by atoms with van der Waals surface area (Å²) < 4.78 is 28.6. The number of carbonyl (C=O) groups is 1. The van der Waals surface area contributed by atoms with Gasteiger partial charge >= 0.3 is 0 Å². The fourth-order valence-corrected chi connectivity index (χ4v) is 2.81. The number of nitrogens with zero attached hydrogens (tertiary/aromatic N) is 2. The smallest absolute Gasteiger partial charge is 0.270 e. The van der Waals surface area contributed by atoms with E-state index in [1.54, 1.807) is 6.20 Å². The molecule has 1 aliphatic rings. The van der Waals surface area contributed by atoms with Crippen LogP contribution in [-0.4, -0.2) is 15.5 Å². The fraction of sp³-hybridized carbons (Fsp3) is 0.125. The normalized spacial score (nSPS) is 13.5. The molecule has 4 nitrogen and oxygen atoms in total. The van der Waals surface area contributed by atoms with Crippen LogP contribution < -0.4 is 5.32 Å². The molecule has 1 amide bonds. The van der Waals surface area contributed by atoms with E-state index in [0.29, 0.717) is 17.8 Å². The summed E-state index contributed by atoms with van der Waals surface area (Å²) in [4.78, 5) is 15.8. The molecule has 0 spiro atoms. The highest BCUT2D eigenvalue weighted by Crippen LogP contribution is 2.26. The predicted molar refractivity (Wildman–Crippen MR) is 76.4 cm³/mol. The second-order valence-corrected chi connectivity index (χ2v) is 5.25. The standard InChI is InChI=1S/C16H11F2N3O/c17-10-2-1-9(13(18)5-10)8-21-4-3-11-12-6-20-16(22)15(12)19-7-14(11)21/h1-5,7H,6,8H2,(H,20,22). The highest BCUT2D eigenvalue weighted by Gasteiger charge is 2.23. The average Bonchev–Trinajstić information content (AvgIpc) is 3.06. The van der Waals surface area contributed by atoms with Crippen LogP contribution in [0.5, 0.6) is 0 Å². The first-order chi connectivity index (χ1) is 10.6. The van der Waals surface area contributed by atoms with Gasteiger partial charge in [0.25, 0.3) is 5.91 Å². The first kappa shape index (κ1) is 12.9. The van der Waals surface area contributed by atoms with Gasteiger partial charge in [0.05, 0.1) is 18.3 Å². The highest BCUT2D eigenvalue weighted by atomic mass is 19.1. The van der Waals surface area contributed by atoms with E-state index in [4.69, 9.17) is 0 Å². The van der Waals surface area contributed by atoms with Crippen LogP contribution in [0.25, 0.3) is 10.9 Å². The molecule has 0 saturated carbocycles. The van der Waals surface area contributed by atoms with E-state index in [9.17, 15) is 13.6 Å². The van der Waals surface area contributed by atoms with Crippen molar-refractivity contribution in [3.05, 3.63) is 65.1 Å². The summed E-state index contributed by atoms with van der Waals surface area (Å²) in [6, 6.07) is 5.43. The van der Waals surface area contributed by atoms with Gasteiger partial charge in [-0.15, -0.1) is 0 Å². The molecule has 1 N–H and O–H groups in total. The number of halogens is 2. The molecule has 6 heteroatoms. The van der Waals surface area contributed by atoms with Gasteiger partial charge in [-0.2, -0.15) is 0 Å². The number of nitrogens with one attached hydrogen (secondary N) is 1. The molecule has 0 unspecified atom stereocenters. The summed E-state index contributed by atoms with van der Waals surface area (Å²) >= 11 is 0. The number of benzene rings is 1. The van der Waals surface area contributed by atoms with Crippen LogP contribution in [-0.2, 0) is 13.1 Å². The summed E-state index contributed by atoms with van der Waals surface area (Å²) in [6.45, 7) is 0.727. The summed E-state index contributed by atoms with van der Waals surface area (Å²) in [5.41, 5.74) is 2.52. The van der Waals surface area contributed by atoms with E-state index in [-0.39, 0.29) is 12.5 Å². The van der Waals surface area contributed by atoms with Crippen molar-refractivity contribution in [2.75, 3.05) is 0 Å². The van der Waals surface area contributed by atoms with Gasteiger partial charge < -0.3 is 9.88 Å². The van der Waals surface area contributed by atoms with Crippen molar-refractivity contribution in [2.45, 2.75) is 13.1 Å². The topological polar surface area (TPSA) is 46.9 Å². The van der Waals surface area contributed by atoms with Crippen molar-refractivity contribution in [3.63, 3.8) is 0 Å². The van der Waals surface area contributed by atoms with E-state index in [0.717, 1.165) is 22.5 Å². The average molecular weight is 299 g/mol. The summed E-state index contributed by atoms with van der Waals surface area (Å²) in [6.07, 6.45) is 3.43. The van der Waals surface area contributed by atoms with E-state index >= 15 is 0 Å². The van der Waals surface area contributed by atoms with Crippen molar-refractivity contribution in [3.8, 4) is 0 Å². The van der Waals surface area contributed by atoms with Gasteiger partial charge in [0.2, 0.25) is 0 Å². The van der Waals surface area contributed by atoms with Crippen LogP contribution in [0.15, 0.2) is 36.7 Å². The minimum atomic E-state index is -0.595. The number of carbonyl (C=O) groups excluding carboxylic acids is 1. The van der Waals surface area contributed by atoms with Crippen molar-refractivity contribution < 1.29 is 13.6 Å². The Morgan fingerprint density at radius 2 is 2.14 bits per heavy atom. The molecule has 0 saturated heterocycles. The van der Waals surface area contributed by atoms with Gasteiger partial charge in [-0.3, -0.25) is 4.79 Å². The van der Waals surface area contributed by atoms with Crippen LogP contribution in [0.4, 0.5) is 8.78 Å². The third-order valence-corrected chi connectivity index (χ3v) is 3.93. The van der Waals surface area contributed by atoms with E-state index in [1.807, 2.05) is 16.8 Å². The van der Waals surface area contributed by atoms with Crippen LogP contribution in [0, 0.1) is 11.6 Å². The summed E-state index contributed by atoms with van der Waals surface area (Å²) in [5.74, 6) is -1.34. The SMILES string of the molecule is O=C1NCc2c1ncc1c2ccn1Cc1ccc(F)cc1F. The largest absolute Gasteiger partial charge is 0.347 e. The Balaban J connectivity index is 1.79. The second kappa shape index (κ2) is 4.62. The van der Waals surface area contributed by atoms with Gasteiger partial charge in [0.15, 0.2) is 0 Å². The number of fused-ring (bicyclic) bond motifs is 3. The molecule has 0 atom stereocenters. The van der Waals surface area contributed by atoms with Crippen LogP contribution in [0.2, 0.25) is 0 Å². The lowest BCUT2D eigenvalue weighted by Crippen LogP contribution is -2.13. The molecule has 0 bridgehead atoms. The van der Waals surface area contributed by atoms with Crippen molar-refractivity contribution in [2.24, 2.45) is 0 Å². The maximum Gasteiger partial charge on any atom is 0.270 e. The molecule has 3 heterocycles. The zero-order chi connectivity index (χ0) is 15.3. The number of hydrogen-bond donors (Lipinski definition) is 1. The number of hydrogen-bond acceptors (Lipinski definition) is 2. The molecule has 1 aromatic carbocycles. The fourth-order valence-electron chi connectivity index (χ4n) is 2.81. The Morgan fingerprint density at radius 3 is 2.95 bits per heavy atom. The summed E-state index contributed by atoms with van der Waals surface area (Å²) in [5, 5.41) is 3.66. The van der Waals surface area contributed by atoms with Crippen LogP contribution >= 0.6 is 0 Å². The third-order valence-electron chi connectivity index (χ3n) is 3.93. The van der Waals surface area contributed by atoms with Crippen LogP contribution in [0.1, 0.15) is 21.6 Å². The minimum absolute atomic E-state index is 0.172. The van der Waals surface area contributed by atoms with Gasteiger partial charge in [-0.05, 0) is 12.1 Å². The molecule has 4 rings (SSSR count). The van der Waals surface area contributed by atoms with Crippen molar-refractivity contribution in [1.29, 1.82) is 0 Å². The van der Waals surface area contributed by atoms with Crippen LogP contribution in [0.3, 0.4) is 0 Å². The van der Waals surface area contributed by atoms with E-state index in [2.05, 4.69) is 10.3 Å². The van der Waals surface area contributed by atoms with Gasteiger partial charge in [-0.25, -0.2) is 13.8 Å². The molecule has 22 heavy (non-hydrogen) atoms. The monoisotopic (exact) mass is 299 g/mol. The van der Waals surface area contributed by atoms with E-state index < -0.39 is 11.6 Å². The molecular formula is C16H11F2N3O. The molecule has 2 aromatic heterocycles. The van der Waals surface area contributed by atoms with Gasteiger partial charge in [0.1, 0.15) is 17.3 Å². The van der Waals surface area contributed by atoms with Crippen molar-refractivity contribution in [1.82, 2.24) is 14.9 Å². The summed E-state index contributed by atoms with van der Waals surface area (Å²) in [7, 11) is 0. The van der Waals surface area contributed by atoms with Gasteiger partial charge in [0, 0.05) is 35.3 Å². The zero-order valence-electron chi connectivity index (χ0n) is 11.4. The highest BCUT2D eigenvalue weighted by molar-refractivity contribution is 6.01. The first-order valence-corrected chi connectivity index (χ1v) is 6.82.